The number of pyridine rings is 1. The zero-order valence-corrected chi connectivity index (χ0v) is 16.1. The minimum Gasteiger partial charge on any atom is -0.334 e. The summed E-state index contributed by atoms with van der Waals surface area (Å²) in [5.74, 6) is 0.764. The van der Waals surface area contributed by atoms with E-state index < -0.39 is 5.54 Å². The van der Waals surface area contributed by atoms with Crippen LogP contribution in [0.2, 0.25) is 0 Å². The van der Waals surface area contributed by atoms with Crippen molar-refractivity contribution < 1.29 is 9.59 Å². The molecule has 0 saturated carbocycles. The van der Waals surface area contributed by atoms with Gasteiger partial charge in [-0.1, -0.05) is 24.3 Å². The summed E-state index contributed by atoms with van der Waals surface area (Å²) in [6.07, 6.45) is 6.31. The number of Topliss-reactive ketones (excluding diaryl/α,β-unsaturated/α-hetero) is 1. The first kappa shape index (κ1) is 17.9. The van der Waals surface area contributed by atoms with Crippen molar-refractivity contribution >= 4 is 34.7 Å². The van der Waals surface area contributed by atoms with Crippen LogP contribution in [-0.4, -0.2) is 33.4 Å². The maximum absolute atomic E-state index is 13.3. The van der Waals surface area contributed by atoms with Gasteiger partial charge < -0.3 is 9.36 Å². The zero-order valence-electron chi connectivity index (χ0n) is 15.3. The number of carbonyl (C=O) groups is 2. The topological polar surface area (TPSA) is 64.0 Å². The van der Waals surface area contributed by atoms with Crippen LogP contribution >= 0.6 is 11.8 Å². The summed E-state index contributed by atoms with van der Waals surface area (Å²) in [5, 5.41) is 4.37. The molecule has 0 aliphatic carbocycles. The molecule has 1 N–H and O–H groups in total. The molecule has 1 aromatic carbocycles. The lowest BCUT2D eigenvalue weighted by Crippen LogP contribution is -2.34. The average Bonchev–Trinajstić information content (AvgIpc) is 3.34. The third-order valence-corrected chi connectivity index (χ3v) is 6.24. The van der Waals surface area contributed by atoms with Gasteiger partial charge in [-0.25, -0.2) is 0 Å². The number of thioether (sulfide) groups is 1. The van der Waals surface area contributed by atoms with Gasteiger partial charge in [-0.3, -0.25) is 15.1 Å². The van der Waals surface area contributed by atoms with Crippen LogP contribution < -0.4 is 5.32 Å². The standard InChI is InChI=1S/C21H21N3O2S/c1-21(2,13-25)24-11-16(15-7-3-4-8-18(15)24)19(26)17-12-27-20(23-17)14-6-5-9-22-10-14/h3-11,13,17,20,23H,12H2,1-2H3. The van der Waals surface area contributed by atoms with E-state index in [1.807, 2.05) is 67.2 Å². The van der Waals surface area contributed by atoms with E-state index in [1.165, 1.54) is 0 Å². The molecular formula is C21H21N3O2S. The number of rotatable bonds is 5. The van der Waals surface area contributed by atoms with E-state index in [1.54, 1.807) is 18.0 Å². The minimum atomic E-state index is -0.714. The first-order valence-electron chi connectivity index (χ1n) is 8.90. The second-order valence-electron chi connectivity index (χ2n) is 7.28. The average molecular weight is 379 g/mol. The molecule has 2 aromatic heterocycles. The Kier molecular flexibility index (Phi) is 4.61. The fourth-order valence-electron chi connectivity index (χ4n) is 3.44. The highest BCUT2D eigenvalue weighted by molar-refractivity contribution is 7.99. The molecule has 1 fully saturated rings. The van der Waals surface area contributed by atoms with Crippen molar-refractivity contribution in [3.63, 3.8) is 0 Å². The Hall–Kier alpha value is -2.44. The van der Waals surface area contributed by atoms with Gasteiger partial charge in [0.2, 0.25) is 0 Å². The van der Waals surface area contributed by atoms with Crippen LogP contribution in [0.1, 0.15) is 35.1 Å². The lowest BCUT2D eigenvalue weighted by Gasteiger charge is -2.20. The van der Waals surface area contributed by atoms with Crippen molar-refractivity contribution in [3.8, 4) is 0 Å². The largest absolute Gasteiger partial charge is 0.334 e. The Morgan fingerprint density at radius 2 is 2.11 bits per heavy atom. The van der Waals surface area contributed by atoms with Crippen molar-refractivity contribution in [2.45, 2.75) is 30.8 Å². The molecule has 0 spiro atoms. The second kappa shape index (κ2) is 6.94. The monoisotopic (exact) mass is 379 g/mol. The van der Waals surface area contributed by atoms with E-state index in [-0.39, 0.29) is 17.2 Å². The highest BCUT2D eigenvalue weighted by Gasteiger charge is 2.33. The maximum atomic E-state index is 13.3. The van der Waals surface area contributed by atoms with Crippen LogP contribution in [0.25, 0.3) is 10.9 Å². The Bertz CT molecular complexity index is 997. The molecule has 0 radical (unpaired) electrons. The molecule has 1 saturated heterocycles. The fourth-order valence-corrected chi connectivity index (χ4v) is 4.67. The predicted octanol–water partition coefficient (Wildman–Crippen LogP) is 3.56. The van der Waals surface area contributed by atoms with E-state index in [4.69, 9.17) is 0 Å². The van der Waals surface area contributed by atoms with E-state index >= 15 is 0 Å². The molecule has 1 aliphatic heterocycles. The van der Waals surface area contributed by atoms with Gasteiger partial charge in [0.15, 0.2) is 5.78 Å². The van der Waals surface area contributed by atoms with Crippen LogP contribution in [0.3, 0.4) is 0 Å². The van der Waals surface area contributed by atoms with Crippen molar-refractivity contribution in [2.24, 2.45) is 0 Å². The van der Waals surface area contributed by atoms with Crippen LogP contribution in [0.4, 0.5) is 0 Å². The summed E-state index contributed by atoms with van der Waals surface area (Å²) in [5.41, 5.74) is 1.91. The summed E-state index contributed by atoms with van der Waals surface area (Å²) in [4.78, 5) is 29.0. The fraction of sp³-hybridized carbons (Fsp3) is 0.286. The molecule has 3 aromatic rings. The van der Waals surface area contributed by atoms with Crippen molar-refractivity contribution in [2.75, 3.05) is 5.75 Å². The first-order chi connectivity index (χ1) is 13.0. The second-order valence-corrected chi connectivity index (χ2v) is 8.42. The number of aromatic nitrogens is 2. The third kappa shape index (κ3) is 3.19. The Morgan fingerprint density at radius 1 is 1.30 bits per heavy atom. The lowest BCUT2D eigenvalue weighted by atomic mass is 10.0. The summed E-state index contributed by atoms with van der Waals surface area (Å²) < 4.78 is 1.89. The van der Waals surface area contributed by atoms with Crippen LogP contribution in [0, 0.1) is 0 Å². The number of aldehydes is 1. The summed E-state index contributed by atoms with van der Waals surface area (Å²) in [6.45, 7) is 3.70. The maximum Gasteiger partial charge on any atom is 0.182 e. The van der Waals surface area contributed by atoms with E-state index in [0.29, 0.717) is 11.3 Å². The van der Waals surface area contributed by atoms with Gasteiger partial charge in [-0.15, -0.1) is 11.8 Å². The van der Waals surface area contributed by atoms with Gasteiger partial charge in [0.1, 0.15) is 6.29 Å². The molecular weight excluding hydrogens is 358 g/mol. The minimum absolute atomic E-state index is 0.0607. The summed E-state index contributed by atoms with van der Waals surface area (Å²) in [7, 11) is 0. The first-order valence-corrected chi connectivity index (χ1v) is 9.95. The number of ketones is 1. The van der Waals surface area contributed by atoms with Gasteiger partial charge >= 0.3 is 0 Å². The normalized spacial score (nSPS) is 20.1. The molecule has 4 rings (SSSR count). The van der Waals surface area contributed by atoms with Crippen molar-refractivity contribution in [1.29, 1.82) is 0 Å². The van der Waals surface area contributed by atoms with Crippen LogP contribution in [0.5, 0.6) is 0 Å². The number of fused-ring (bicyclic) bond motifs is 1. The quantitative estimate of drug-likeness (QED) is 0.542. The molecule has 1 aliphatic rings. The van der Waals surface area contributed by atoms with Gasteiger partial charge in [-0.05, 0) is 31.5 Å². The smallest absolute Gasteiger partial charge is 0.182 e. The zero-order chi connectivity index (χ0) is 19.0. The Labute approximate surface area is 162 Å². The number of nitrogens with one attached hydrogen (secondary N) is 1. The molecule has 2 unspecified atom stereocenters. The summed E-state index contributed by atoms with van der Waals surface area (Å²) in [6, 6.07) is 11.4. The van der Waals surface area contributed by atoms with E-state index in [9.17, 15) is 9.59 Å². The van der Waals surface area contributed by atoms with Crippen molar-refractivity contribution in [3.05, 3.63) is 66.1 Å². The molecule has 27 heavy (non-hydrogen) atoms. The predicted molar refractivity (Wildman–Crippen MR) is 108 cm³/mol. The van der Waals surface area contributed by atoms with Crippen LogP contribution in [0.15, 0.2) is 55.0 Å². The molecule has 0 bridgehead atoms. The van der Waals surface area contributed by atoms with Gasteiger partial charge in [0.05, 0.1) is 17.0 Å². The molecule has 0 amide bonds. The van der Waals surface area contributed by atoms with Gasteiger partial charge in [0, 0.05) is 40.8 Å². The highest BCUT2D eigenvalue weighted by atomic mass is 32.2. The number of nitrogens with zero attached hydrogens (tertiary/aromatic N) is 2. The van der Waals surface area contributed by atoms with Crippen molar-refractivity contribution in [1.82, 2.24) is 14.9 Å². The number of benzene rings is 1. The molecule has 3 heterocycles. The molecule has 2 atom stereocenters. The SMILES string of the molecule is CC(C)(C=O)n1cc(C(=O)C2CSC(c3cccnc3)N2)c2ccccc21. The van der Waals surface area contributed by atoms with Gasteiger partial charge in [0.25, 0.3) is 0 Å². The van der Waals surface area contributed by atoms with E-state index in [2.05, 4.69) is 10.3 Å². The molecule has 6 heteroatoms. The number of hydrogen-bond donors (Lipinski definition) is 1. The Morgan fingerprint density at radius 3 is 2.85 bits per heavy atom. The number of carbonyl (C=O) groups excluding carboxylic acids is 2. The molecule has 138 valence electrons. The van der Waals surface area contributed by atoms with E-state index in [0.717, 1.165) is 22.8 Å². The number of hydrogen-bond acceptors (Lipinski definition) is 5. The Balaban J connectivity index is 1.67. The van der Waals surface area contributed by atoms with Gasteiger partial charge in [-0.2, -0.15) is 0 Å². The lowest BCUT2D eigenvalue weighted by molar-refractivity contribution is -0.113. The highest BCUT2D eigenvalue weighted by Crippen LogP contribution is 2.35. The molecule has 5 nitrogen and oxygen atoms in total. The van der Waals surface area contributed by atoms with Crippen LogP contribution in [-0.2, 0) is 10.3 Å². The third-order valence-electron chi connectivity index (χ3n) is 4.97. The number of para-hydroxylation sites is 1. The summed E-state index contributed by atoms with van der Waals surface area (Å²) >= 11 is 1.71.